The minimum absolute atomic E-state index is 0.0153. The van der Waals surface area contributed by atoms with Crippen LogP contribution < -0.4 is 9.46 Å². The van der Waals surface area contributed by atoms with Crippen molar-refractivity contribution in [3.05, 3.63) is 83.1 Å². The van der Waals surface area contributed by atoms with Crippen LogP contribution in [0.15, 0.2) is 71.9 Å². The molecule has 0 aliphatic rings. The Kier molecular flexibility index (Phi) is 6.19. The van der Waals surface area contributed by atoms with E-state index in [1.54, 1.807) is 42.2 Å². The fraction of sp³-hybridized carbons (Fsp3) is 0.0435. The van der Waals surface area contributed by atoms with Gasteiger partial charge in [-0.2, -0.15) is 15.6 Å². The highest BCUT2D eigenvalue weighted by Crippen LogP contribution is 2.36. The zero-order valence-electron chi connectivity index (χ0n) is 17.6. The van der Waals surface area contributed by atoms with Crippen LogP contribution in [0.3, 0.4) is 0 Å². The average molecular weight is 491 g/mol. The number of nitrogens with one attached hydrogen (secondary N) is 1. The molecule has 4 rings (SSSR count). The molecule has 4 aromatic rings. The number of aryl methyl sites for hydroxylation is 1. The van der Waals surface area contributed by atoms with Crippen LogP contribution in [0.2, 0.25) is 5.02 Å². The second kappa shape index (κ2) is 9.24. The molecule has 2 heterocycles. The summed E-state index contributed by atoms with van der Waals surface area (Å²) >= 11 is 6.17. The van der Waals surface area contributed by atoms with Gasteiger partial charge in [0.05, 0.1) is 21.7 Å². The van der Waals surface area contributed by atoms with Crippen molar-refractivity contribution in [1.82, 2.24) is 14.8 Å². The lowest BCUT2D eigenvalue weighted by molar-refractivity contribution is 0.481. The van der Waals surface area contributed by atoms with Crippen LogP contribution in [-0.2, 0) is 17.1 Å². The van der Waals surface area contributed by atoms with Crippen molar-refractivity contribution in [2.45, 2.75) is 4.90 Å². The van der Waals surface area contributed by atoms with Crippen LogP contribution in [0.5, 0.6) is 11.5 Å². The minimum atomic E-state index is -4.04. The maximum Gasteiger partial charge on any atom is 0.263 e. The Balaban J connectivity index is 1.66. The van der Waals surface area contributed by atoms with E-state index in [-0.39, 0.29) is 22.0 Å². The van der Waals surface area contributed by atoms with Crippen molar-refractivity contribution < 1.29 is 13.2 Å². The maximum absolute atomic E-state index is 12.8. The van der Waals surface area contributed by atoms with Crippen molar-refractivity contribution in [1.29, 1.82) is 10.5 Å². The molecule has 0 aliphatic heterocycles. The number of aromatic nitrogens is 3. The molecule has 0 saturated heterocycles. The Morgan fingerprint density at radius 3 is 2.47 bits per heavy atom. The molecule has 0 spiro atoms. The molecule has 9 nitrogen and oxygen atoms in total. The molecule has 0 bridgehead atoms. The number of nitriles is 2. The van der Waals surface area contributed by atoms with Gasteiger partial charge in [-0.25, -0.2) is 13.4 Å². The number of hydrogen-bond acceptors (Lipinski definition) is 7. The van der Waals surface area contributed by atoms with Gasteiger partial charge in [-0.3, -0.25) is 9.40 Å². The summed E-state index contributed by atoms with van der Waals surface area (Å²) in [5.41, 5.74) is 1.71. The number of hydrogen-bond donors (Lipinski definition) is 1. The first-order valence-electron chi connectivity index (χ1n) is 9.69. The molecule has 1 N–H and O–H groups in total. The third kappa shape index (κ3) is 4.69. The first kappa shape index (κ1) is 22.8. The van der Waals surface area contributed by atoms with E-state index < -0.39 is 10.0 Å². The molecule has 0 atom stereocenters. The topological polar surface area (TPSA) is 134 Å². The van der Waals surface area contributed by atoms with Gasteiger partial charge in [0.25, 0.3) is 10.0 Å². The molecule has 2 aromatic heterocycles. The Labute approximate surface area is 200 Å². The van der Waals surface area contributed by atoms with Crippen LogP contribution in [0.25, 0.3) is 11.3 Å². The summed E-state index contributed by atoms with van der Waals surface area (Å²) in [6, 6.07) is 17.4. The number of nitrogens with zero attached hydrogens (tertiary/aromatic N) is 5. The van der Waals surface area contributed by atoms with E-state index in [0.717, 1.165) is 5.69 Å². The summed E-state index contributed by atoms with van der Waals surface area (Å²) in [6.45, 7) is 0. The third-order valence-electron chi connectivity index (χ3n) is 4.77. The highest BCUT2D eigenvalue weighted by Gasteiger charge is 2.19. The molecular formula is C23H15ClN6O3S. The van der Waals surface area contributed by atoms with E-state index in [4.69, 9.17) is 21.6 Å². The highest BCUT2D eigenvalue weighted by molar-refractivity contribution is 7.92. The summed E-state index contributed by atoms with van der Waals surface area (Å²) in [6.07, 6.45) is 2.89. The van der Waals surface area contributed by atoms with Crippen LogP contribution >= 0.6 is 11.6 Å². The van der Waals surface area contributed by atoms with E-state index in [2.05, 4.69) is 14.8 Å². The van der Waals surface area contributed by atoms with E-state index in [0.29, 0.717) is 21.9 Å². The minimum Gasteiger partial charge on any atom is -0.455 e. The maximum atomic E-state index is 12.8. The number of rotatable bonds is 6. The van der Waals surface area contributed by atoms with Gasteiger partial charge < -0.3 is 4.74 Å². The van der Waals surface area contributed by atoms with Gasteiger partial charge in [0.1, 0.15) is 29.5 Å². The molecule has 0 fully saturated rings. The number of anilines is 1. The van der Waals surface area contributed by atoms with E-state index >= 15 is 0 Å². The van der Waals surface area contributed by atoms with Gasteiger partial charge >= 0.3 is 0 Å². The monoisotopic (exact) mass is 490 g/mol. The number of halogens is 1. The lowest BCUT2D eigenvalue weighted by Crippen LogP contribution is -2.14. The Bertz CT molecular complexity index is 1570. The van der Waals surface area contributed by atoms with Crippen molar-refractivity contribution in [2.24, 2.45) is 7.05 Å². The Morgan fingerprint density at radius 2 is 1.82 bits per heavy atom. The molecule has 0 radical (unpaired) electrons. The molecule has 11 heteroatoms. The molecule has 0 amide bonds. The highest BCUT2D eigenvalue weighted by atomic mass is 35.5. The Hall–Kier alpha value is -4.38. The van der Waals surface area contributed by atoms with E-state index in [1.165, 1.54) is 36.5 Å². The lowest BCUT2D eigenvalue weighted by Gasteiger charge is -2.14. The number of ether oxygens (including phenoxy) is 1. The molecular weight excluding hydrogens is 476 g/mol. The quantitative estimate of drug-likeness (QED) is 0.421. The Morgan fingerprint density at radius 1 is 1.03 bits per heavy atom. The van der Waals surface area contributed by atoms with Crippen LogP contribution in [0.4, 0.5) is 5.82 Å². The third-order valence-corrected chi connectivity index (χ3v) is 6.36. The second-order valence-corrected chi connectivity index (χ2v) is 9.12. The SMILES string of the molecule is Cn1nccc1-c1cc(Cl)ccc1Oc1ccc(S(=O)(=O)Nc2ccc(C#N)cn2)cc1C#N. The summed E-state index contributed by atoms with van der Waals surface area (Å²) in [7, 11) is -2.27. The lowest BCUT2D eigenvalue weighted by atomic mass is 10.1. The van der Waals surface area contributed by atoms with Crippen molar-refractivity contribution >= 4 is 27.4 Å². The van der Waals surface area contributed by atoms with Crippen LogP contribution in [0.1, 0.15) is 11.1 Å². The van der Waals surface area contributed by atoms with Crippen molar-refractivity contribution in [3.8, 4) is 34.9 Å². The van der Waals surface area contributed by atoms with Gasteiger partial charge in [0.2, 0.25) is 0 Å². The predicted molar refractivity (Wildman–Crippen MR) is 125 cm³/mol. The van der Waals surface area contributed by atoms with E-state index in [9.17, 15) is 13.7 Å². The van der Waals surface area contributed by atoms with Gasteiger partial charge in [-0.1, -0.05) is 11.6 Å². The smallest absolute Gasteiger partial charge is 0.263 e. The molecule has 2 aromatic carbocycles. The second-order valence-electron chi connectivity index (χ2n) is 7.00. The molecule has 168 valence electrons. The summed E-state index contributed by atoms with van der Waals surface area (Å²) < 4.78 is 35.6. The zero-order valence-corrected chi connectivity index (χ0v) is 19.2. The number of benzene rings is 2. The molecule has 34 heavy (non-hydrogen) atoms. The van der Waals surface area contributed by atoms with Gasteiger partial charge in [-0.15, -0.1) is 0 Å². The average Bonchev–Trinajstić information content (AvgIpc) is 3.26. The largest absolute Gasteiger partial charge is 0.455 e. The summed E-state index contributed by atoms with van der Waals surface area (Å²) in [5.74, 6) is 0.628. The van der Waals surface area contributed by atoms with Gasteiger partial charge in [-0.05, 0) is 54.6 Å². The normalized spacial score (nSPS) is 10.8. The van der Waals surface area contributed by atoms with Crippen molar-refractivity contribution in [2.75, 3.05) is 4.72 Å². The van der Waals surface area contributed by atoms with Crippen LogP contribution in [-0.4, -0.2) is 23.2 Å². The summed E-state index contributed by atoms with van der Waals surface area (Å²) in [4.78, 5) is 3.76. The first-order valence-corrected chi connectivity index (χ1v) is 11.6. The standard InChI is InChI=1S/C23H15ClN6O3S/c1-30-20(8-9-28-30)19-11-17(24)3-5-22(19)33-21-6-4-18(10-16(21)13-26)34(31,32)29-23-7-2-15(12-25)14-27-23/h2-11,14H,1H3,(H,27,29). The molecule has 0 unspecified atom stereocenters. The van der Waals surface area contributed by atoms with Gasteiger partial charge in [0, 0.05) is 30.0 Å². The number of pyridine rings is 1. The molecule has 0 saturated carbocycles. The molecule has 0 aliphatic carbocycles. The van der Waals surface area contributed by atoms with Crippen molar-refractivity contribution in [3.63, 3.8) is 0 Å². The van der Waals surface area contributed by atoms with Crippen LogP contribution in [0, 0.1) is 22.7 Å². The fourth-order valence-corrected chi connectivity index (χ4v) is 4.32. The zero-order chi connectivity index (χ0) is 24.3. The van der Waals surface area contributed by atoms with Gasteiger partial charge in [0.15, 0.2) is 0 Å². The fourth-order valence-electron chi connectivity index (χ4n) is 3.12. The number of sulfonamides is 1. The summed E-state index contributed by atoms with van der Waals surface area (Å²) in [5, 5.41) is 23.1. The van der Waals surface area contributed by atoms with E-state index in [1.807, 2.05) is 12.1 Å². The first-order chi connectivity index (χ1) is 16.3. The predicted octanol–water partition coefficient (Wildman–Crippen LogP) is 4.47.